The highest BCUT2D eigenvalue weighted by molar-refractivity contribution is 7.89. The Morgan fingerprint density at radius 3 is 2.33 bits per heavy atom. The Labute approximate surface area is 109 Å². The molecule has 1 aromatic carbocycles. The zero-order valence-corrected chi connectivity index (χ0v) is 11.8. The number of rotatable bonds is 7. The van der Waals surface area contributed by atoms with Crippen molar-refractivity contribution in [3.8, 4) is 0 Å². The predicted molar refractivity (Wildman–Crippen MR) is 74.3 cm³/mol. The monoisotopic (exact) mass is 271 g/mol. The first-order chi connectivity index (χ1) is 8.49. The minimum Gasteiger partial charge on any atom is -0.383 e. The van der Waals surface area contributed by atoms with Gasteiger partial charge in [0.2, 0.25) is 10.0 Å². The molecule has 0 amide bonds. The van der Waals surface area contributed by atoms with Gasteiger partial charge in [-0.2, -0.15) is 0 Å². The van der Waals surface area contributed by atoms with Crippen LogP contribution in [0.4, 0.5) is 5.69 Å². The lowest BCUT2D eigenvalue weighted by molar-refractivity contribution is 0.584. The largest absolute Gasteiger partial charge is 0.383 e. The summed E-state index contributed by atoms with van der Waals surface area (Å²) in [6, 6.07) is 7.10. The Morgan fingerprint density at radius 2 is 1.83 bits per heavy atom. The van der Waals surface area contributed by atoms with E-state index in [4.69, 9.17) is 0 Å². The first kappa shape index (κ1) is 14.9. The minimum atomic E-state index is -3.35. The molecule has 0 heterocycles. The minimum absolute atomic E-state index is 0.288. The van der Waals surface area contributed by atoms with Gasteiger partial charge in [-0.25, -0.2) is 13.1 Å². The van der Waals surface area contributed by atoms with E-state index in [0.29, 0.717) is 12.6 Å². The van der Waals surface area contributed by atoms with Crippen molar-refractivity contribution in [2.45, 2.75) is 24.8 Å². The number of hydrogen-bond acceptors (Lipinski definition) is 4. The van der Waals surface area contributed by atoms with Crippen LogP contribution < -0.4 is 15.4 Å². The second-order valence-corrected chi connectivity index (χ2v) is 5.86. The number of likely N-dealkylation sites (N-methyl/N-ethyl adjacent to an activating group) is 1. The van der Waals surface area contributed by atoms with E-state index in [1.807, 2.05) is 7.05 Å². The molecule has 1 unspecified atom stereocenters. The molecule has 0 saturated heterocycles. The molecule has 102 valence electrons. The molecule has 0 bridgehead atoms. The molecule has 0 aliphatic rings. The van der Waals surface area contributed by atoms with Crippen molar-refractivity contribution in [2.24, 2.45) is 0 Å². The Balaban J connectivity index is 2.68. The van der Waals surface area contributed by atoms with Crippen molar-refractivity contribution in [3.05, 3.63) is 24.3 Å². The fraction of sp³-hybridized carbons (Fsp3) is 0.500. The van der Waals surface area contributed by atoms with Crippen LogP contribution in [-0.2, 0) is 10.0 Å². The van der Waals surface area contributed by atoms with Crippen LogP contribution in [0.25, 0.3) is 0 Å². The SMILES string of the molecule is CCNS(=O)(=O)c1ccc(NCC(C)NC)cc1. The first-order valence-corrected chi connectivity index (χ1v) is 7.48. The van der Waals surface area contributed by atoms with Gasteiger partial charge < -0.3 is 10.6 Å². The molecular weight excluding hydrogens is 250 g/mol. The third-order valence-corrected chi connectivity index (χ3v) is 4.17. The van der Waals surface area contributed by atoms with Gasteiger partial charge >= 0.3 is 0 Å². The van der Waals surface area contributed by atoms with Crippen LogP contribution in [0.5, 0.6) is 0 Å². The molecule has 0 aromatic heterocycles. The van der Waals surface area contributed by atoms with Crippen molar-refractivity contribution in [3.63, 3.8) is 0 Å². The van der Waals surface area contributed by atoms with Crippen LogP contribution in [0, 0.1) is 0 Å². The third kappa shape index (κ3) is 4.29. The van der Waals surface area contributed by atoms with Crippen LogP contribution in [0.2, 0.25) is 0 Å². The Kier molecular flexibility index (Phi) is 5.58. The van der Waals surface area contributed by atoms with Gasteiger partial charge in [-0.05, 0) is 38.2 Å². The predicted octanol–water partition coefficient (Wildman–Crippen LogP) is 1.00. The summed E-state index contributed by atoms with van der Waals surface area (Å²) in [5.74, 6) is 0. The second kappa shape index (κ2) is 6.72. The van der Waals surface area contributed by atoms with E-state index in [1.54, 1.807) is 31.2 Å². The van der Waals surface area contributed by atoms with Crippen molar-refractivity contribution < 1.29 is 8.42 Å². The van der Waals surface area contributed by atoms with Crippen molar-refractivity contribution in [1.29, 1.82) is 0 Å². The first-order valence-electron chi connectivity index (χ1n) is 6.00. The number of nitrogens with one attached hydrogen (secondary N) is 3. The summed E-state index contributed by atoms with van der Waals surface area (Å²) in [6.07, 6.45) is 0. The van der Waals surface area contributed by atoms with Gasteiger partial charge in [-0.3, -0.25) is 0 Å². The van der Waals surface area contributed by atoms with Crippen LogP contribution in [-0.4, -0.2) is 34.6 Å². The molecule has 0 fully saturated rings. The Hall–Kier alpha value is -1.11. The molecule has 0 aliphatic carbocycles. The molecule has 1 atom stereocenters. The van der Waals surface area contributed by atoms with Gasteiger partial charge in [0.25, 0.3) is 0 Å². The summed E-state index contributed by atoms with van der Waals surface area (Å²) in [4.78, 5) is 0.288. The smallest absolute Gasteiger partial charge is 0.240 e. The summed E-state index contributed by atoms with van der Waals surface area (Å²) < 4.78 is 25.9. The fourth-order valence-corrected chi connectivity index (χ4v) is 2.44. The summed E-state index contributed by atoms with van der Waals surface area (Å²) in [6.45, 7) is 5.00. The topological polar surface area (TPSA) is 70.2 Å². The van der Waals surface area contributed by atoms with Crippen LogP contribution in [0.3, 0.4) is 0 Å². The highest BCUT2D eigenvalue weighted by atomic mass is 32.2. The average Bonchev–Trinajstić information content (AvgIpc) is 2.36. The maximum Gasteiger partial charge on any atom is 0.240 e. The molecule has 18 heavy (non-hydrogen) atoms. The number of hydrogen-bond donors (Lipinski definition) is 3. The van der Waals surface area contributed by atoms with E-state index in [0.717, 1.165) is 12.2 Å². The molecule has 5 nitrogen and oxygen atoms in total. The normalized spacial score (nSPS) is 13.3. The molecule has 0 radical (unpaired) electrons. The van der Waals surface area contributed by atoms with Gasteiger partial charge in [0.15, 0.2) is 0 Å². The summed E-state index contributed by atoms with van der Waals surface area (Å²) in [5, 5.41) is 6.35. The highest BCUT2D eigenvalue weighted by Crippen LogP contribution is 2.13. The fourth-order valence-electron chi connectivity index (χ4n) is 1.40. The zero-order valence-electron chi connectivity index (χ0n) is 11.0. The van der Waals surface area contributed by atoms with Gasteiger partial charge in [0.1, 0.15) is 0 Å². The van der Waals surface area contributed by atoms with Gasteiger partial charge in [-0.15, -0.1) is 0 Å². The average molecular weight is 271 g/mol. The summed E-state index contributed by atoms with van der Waals surface area (Å²) in [5.41, 5.74) is 0.910. The van der Waals surface area contributed by atoms with Crippen LogP contribution >= 0.6 is 0 Å². The summed E-state index contributed by atoms with van der Waals surface area (Å²) in [7, 11) is -1.45. The van der Waals surface area contributed by atoms with Crippen molar-refractivity contribution in [1.82, 2.24) is 10.0 Å². The molecular formula is C12H21N3O2S. The lowest BCUT2D eigenvalue weighted by Gasteiger charge is -2.13. The molecule has 1 rings (SSSR count). The Bertz CT molecular complexity index is 457. The maximum atomic E-state index is 11.7. The van der Waals surface area contributed by atoms with E-state index >= 15 is 0 Å². The molecule has 3 N–H and O–H groups in total. The summed E-state index contributed by atoms with van der Waals surface area (Å²) >= 11 is 0. The zero-order chi connectivity index (χ0) is 13.6. The second-order valence-electron chi connectivity index (χ2n) is 4.10. The van der Waals surface area contributed by atoms with E-state index in [1.165, 1.54) is 0 Å². The maximum absolute atomic E-state index is 11.7. The number of benzene rings is 1. The molecule has 0 saturated carbocycles. The number of sulfonamides is 1. The number of anilines is 1. The lowest BCUT2D eigenvalue weighted by atomic mass is 10.3. The van der Waals surface area contributed by atoms with E-state index in [-0.39, 0.29) is 4.90 Å². The van der Waals surface area contributed by atoms with Gasteiger partial charge in [0.05, 0.1) is 4.90 Å². The van der Waals surface area contributed by atoms with E-state index < -0.39 is 10.0 Å². The lowest BCUT2D eigenvalue weighted by Crippen LogP contribution is -2.29. The quantitative estimate of drug-likeness (QED) is 0.692. The van der Waals surface area contributed by atoms with Crippen molar-refractivity contribution >= 4 is 15.7 Å². The van der Waals surface area contributed by atoms with E-state index in [2.05, 4.69) is 22.3 Å². The molecule has 6 heteroatoms. The third-order valence-electron chi connectivity index (χ3n) is 2.60. The Morgan fingerprint density at radius 1 is 1.22 bits per heavy atom. The van der Waals surface area contributed by atoms with Crippen LogP contribution in [0.1, 0.15) is 13.8 Å². The van der Waals surface area contributed by atoms with Gasteiger partial charge in [-0.1, -0.05) is 6.92 Å². The standard InChI is InChI=1S/C12H21N3O2S/c1-4-15-18(16,17)12-7-5-11(6-8-12)14-9-10(2)13-3/h5-8,10,13-15H,4,9H2,1-3H3. The van der Waals surface area contributed by atoms with Crippen molar-refractivity contribution in [2.75, 3.05) is 25.5 Å². The van der Waals surface area contributed by atoms with Crippen LogP contribution in [0.15, 0.2) is 29.2 Å². The molecule has 0 spiro atoms. The molecule has 1 aromatic rings. The van der Waals surface area contributed by atoms with Gasteiger partial charge in [0, 0.05) is 24.8 Å². The highest BCUT2D eigenvalue weighted by Gasteiger charge is 2.11. The molecule has 0 aliphatic heterocycles. The van der Waals surface area contributed by atoms with E-state index in [9.17, 15) is 8.42 Å².